The van der Waals surface area contributed by atoms with Crippen LogP contribution in [0, 0.1) is 0 Å². The minimum atomic E-state index is 0. The fraction of sp³-hybridized carbons (Fsp3) is 0.952. The lowest BCUT2D eigenvalue weighted by molar-refractivity contribution is -0.466. The van der Waals surface area contributed by atoms with E-state index in [2.05, 4.69) is 44.6 Å². The normalized spacial score (nSPS) is 10.4. The quantitative estimate of drug-likeness (QED) is 0.168. The van der Waals surface area contributed by atoms with Crippen LogP contribution >= 0.6 is 11.8 Å². The summed E-state index contributed by atoms with van der Waals surface area (Å²) in [4.78, 5) is 2.22. The van der Waals surface area contributed by atoms with Gasteiger partial charge in [0.05, 0.1) is 28.2 Å². The van der Waals surface area contributed by atoms with Crippen LogP contribution in [-0.2, 0) is 0 Å². The van der Waals surface area contributed by atoms with Crippen molar-refractivity contribution < 1.29 is 21.6 Å². The van der Waals surface area contributed by atoms with Crippen molar-refractivity contribution in [1.82, 2.24) is 4.90 Å². The summed E-state index contributed by atoms with van der Waals surface area (Å²) in [6, 6.07) is 0. The molecule has 0 aliphatic rings. The van der Waals surface area contributed by atoms with E-state index in [1.165, 1.54) is 101 Å². The lowest BCUT2D eigenvalue weighted by atomic mass is 10.0. The van der Waals surface area contributed by atoms with E-state index >= 15 is 0 Å². The topological polar surface area (TPSA) is 6.25 Å². The van der Waals surface area contributed by atoms with Gasteiger partial charge in [0.2, 0.25) is 0 Å². The molecule has 0 N–H and O–H groups in total. The molecule has 0 aromatic heterocycles. The lowest BCUT2D eigenvalue weighted by Gasteiger charge is -2.10. The number of thioether (sulfide) groups is 1. The van der Waals surface area contributed by atoms with E-state index in [0.29, 0.717) is 0 Å². The van der Waals surface area contributed by atoms with Crippen LogP contribution in [-0.4, -0.2) is 48.6 Å². The van der Waals surface area contributed by atoms with Gasteiger partial charge in [-0.2, -0.15) is 0 Å². The Morgan fingerprint density at radius 1 is 0.680 bits per heavy atom. The number of halogens is 1. The summed E-state index contributed by atoms with van der Waals surface area (Å²) < 4.78 is 2.22. The molecule has 0 heterocycles. The molecule has 0 atom stereocenters. The maximum absolute atomic E-state index is 2.29. The van der Waals surface area contributed by atoms with Gasteiger partial charge in [0, 0.05) is 5.75 Å². The minimum absolute atomic E-state index is 0. The monoisotopic (exact) mass is 436 g/mol. The third-order valence-electron chi connectivity index (χ3n) is 4.49. The molecule has 0 aliphatic carbocycles. The van der Waals surface area contributed by atoms with Gasteiger partial charge in [-0.3, -0.25) is 9.48 Å². The van der Waals surface area contributed by atoms with Crippen LogP contribution in [0.5, 0.6) is 0 Å². The Hall–Kier alpha value is 0.300. The smallest absolute Gasteiger partial charge is 0.307 e. The maximum Gasteiger partial charge on any atom is 0.307 e. The van der Waals surface area contributed by atoms with Crippen molar-refractivity contribution >= 4 is 16.9 Å². The van der Waals surface area contributed by atoms with E-state index in [4.69, 9.17) is 0 Å². The van der Waals surface area contributed by atoms with Crippen LogP contribution in [0.15, 0.2) is 0 Å². The molecule has 0 rings (SSSR count). The number of hydrogen-bond acceptors (Lipinski definition) is 1. The average Bonchev–Trinajstić information content (AvgIpc) is 2.53. The van der Waals surface area contributed by atoms with Crippen molar-refractivity contribution in [2.24, 2.45) is 0 Å². The van der Waals surface area contributed by atoms with E-state index < -0.39 is 0 Å². The van der Waals surface area contributed by atoms with E-state index in [0.717, 1.165) is 0 Å². The molecular formula is C21H45BrN2S. The molecule has 0 radical (unpaired) electrons. The van der Waals surface area contributed by atoms with E-state index in [1.54, 1.807) is 0 Å². The Labute approximate surface area is 174 Å². The van der Waals surface area contributed by atoms with Crippen molar-refractivity contribution in [2.45, 2.75) is 96.8 Å². The van der Waals surface area contributed by atoms with Crippen molar-refractivity contribution in [1.29, 1.82) is 0 Å². The van der Waals surface area contributed by atoms with E-state index in [-0.39, 0.29) is 17.0 Å². The van der Waals surface area contributed by atoms with Gasteiger partial charge in [-0.05, 0) is 18.2 Å². The molecule has 152 valence electrons. The van der Waals surface area contributed by atoms with Gasteiger partial charge in [0.25, 0.3) is 0 Å². The molecule has 2 nitrogen and oxygen atoms in total. The van der Waals surface area contributed by atoms with Gasteiger partial charge < -0.3 is 17.0 Å². The van der Waals surface area contributed by atoms with E-state index in [9.17, 15) is 0 Å². The SMILES string of the molecule is CCCCCCCCCCCCCCCCSC(N(C)C)=[N+](C)C.[Br-]. The predicted molar refractivity (Wildman–Crippen MR) is 114 cm³/mol. The largest absolute Gasteiger partial charge is 1.00 e. The first-order chi connectivity index (χ1) is 11.6. The number of rotatable bonds is 15. The highest BCUT2D eigenvalue weighted by Gasteiger charge is 2.11. The van der Waals surface area contributed by atoms with E-state index in [1.807, 2.05) is 11.8 Å². The summed E-state index contributed by atoms with van der Waals surface area (Å²) in [5.74, 6) is 1.25. The van der Waals surface area contributed by atoms with Gasteiger partial charge in [-0.15, -0.1) is 0 Å². The zero-order valence-corrected chi connectivity index (χ0v) is 20.2. The molecule has 0 saturated heterocycles. The van der Waals surface area contributed by atoms with Gasteiger partial charge in [0.15, 0.2) is 0 Å². The summed E-state index contributed by atoms with van der Waals surface area (Å²) in [7, 11) is 8.53. The molecule has 0 aromatic carbocycles. The molecule has 0 aromatic rings. The fourth-order valence-electron chi connectivity index (χ4n) is 3.12. The molecule has 0 amide bonds. The highest BCUT2D eigenvalue weighted by molar-refractivity contribution is 8.13. The zero-order valence-electron chi connectivity index (χ0n) is 17.8. The highest BCUT2D eigenvalue weighted by atomic mass is 79.9. The summed E-state index contributed by atoms with van der Waals surface area (Å²) in [6.07, 6.45) is 20.1. The summed E-state index contributed by atoms with van der Waals surface area (Å²) in [5, 5.41) is 1.37. The van der Waals surface area contributed by atoms with Crippen LogP contribution in [0.25, 0.3) is 0 Å². The second kappa shape index (κ2) is 20.6. The molecule has 0 unspecified atom stereocenters. The van der Waals surface area contributed by atoms with Crippen molar-refractivity contribution in [2.75, 3.05) is 33.9 Å². The van der Waals surface area contributed by atoms with Crippen LogP contribution < -0.4 is 17.0 Å². The maximum atomic E-state index is 2.29. The van der Waals surface area contributed by atoms with Gasteiger partial charge in [-0.25, -0.2) is 0 Å². The minimum Gasteiger partial charge on any atom is -1.00 e. The Morgan fingerprint density at radius 2 is 1.04 bits per heavy atom. The first kappa shape index (κ1) is 27.5. The zero-order chi connectivity index (χ0) is 18.0. The van der Waals surface area contributed by atoms with Crippen LogP contribution in [0.1, 0.15) is 96.8 Å². The molecule has 4 heteroatoms. The molecule has 25 heavy (non-hydrogen) atoms. The second-order valence-corrected chi connectivity index (χ2v) is 8.58. The van der Waals surface area contributed by atoms with Crippen LogP contribution in [0.2, 0.25) is 0 Å². The molecular weight excluding hydrogens is 392 g/mol. The van der Waals surface area contributed by atoms with Crippen LogP contribution in [0.4, 0.5) is 0 Å². The van der Waals surface area contributed by atoms with Crippen LogP contribution in [0.3, 0.4) is 0 Å². The third kappa shape index (κ3) is 18.9. The lowest BCUT2D eigenvalue weighted by Crippen LogP contribution is -3.00. The molecule has 0 aliphatic heterocycles. The first-order valence-electron chi connectivity index (χ1n) is 10.4. The Kier molecular flexibility index (Phi) is 22.7. The van der Waals surface area contributed by atoms with Crippen molar-refractivity contribution in [3.05, 3.63) is 0 Å². The van der Waals surface area contributed by atoms with Gasteiger partial charge in [-0.1, -0.05) is 90.4 Å². The summed E-state index contributed by atoms with van der Waals surface area (Å²) >= 11 is 1.99. The summed E-state index contributed by atoms with van der Waals surface area (Å²) in [5.41, 5.74) is 0. The van der Waals surface area contributed by atoms with Crippen molar-refractivity contribution in [3.63, 3.8) is 0 Å². The fourth-order valence-corrected chi connectivity index (χ4v) is 4.17. The molecule has 0 saturated carbocycles. The average molecular weight is 438 g/mol. The Morgan fingerprint density at radius 3 is 1.36 bits per heavy atom. The Balaban J connectivity index is 0. The number of unbranched alkanes of at least 4 members (excludes halogenated alkanes) is 13. The number of amidine groups is 1. The van der Waals surface area contributed by atoms with Gasteiger partial charge >= 0.3 is 5.17 Å². The molecule has 0 fully saturated rings. The van der Waals surface area contributed by atoms with Crippen molar-refractivity contribution in [3.8, 4) is 0 Å². The predicted octanol–water partition coefficient (Wildman–Crippen LogP) is 3.39. The molecule has 0 spiro atoms. The number of nitrogens with zero attached hydrogens (tertiary/aromatic N) is 2. The standard InChI is InChI=1S/C21H45N2S.BrH/c1-6-7-8-9-10-11-12-13-14-15-16-17-18-19-20-24-21(22(2)3)23(4)5;/h6-20H2,1-5H3;1H/q+1;/p-1. The second-order valence-electron chi connectivity index (χ2n) is 7.52. The Bertz CT molecular complexity index is 302. The third-order valence-corrected chi connectivity index (χ3v) is 5.98. The number of hydrogen-bond donors (Lipinski definition) is 0. The molecule has 0 bridgehead atoms. The van der Waals surface area contributed by atoms with Gasteiger partial charge in [0.1, 0.15) is 0 Å². The summed E-state index contributed by atoms with van der Waals surface area (Å²) in [6.45, 7) is 2.29. The first-order valence-corrected chi connectivity index (χ1v) is 11.4. The highest BCUT2D eigenvalue weighted by Crippen LogP contribution is 2.14.